The zero-order valence-corrected chi connectivity index (χ0v) is 14.4. The molecule has 0 atom stereocenters. The van der Waals surface area contributed by atoms with E-state index >= 15 is 0 Å². The van der Waals surface area contributed by atoms with E-state index in [4.69, 9.17) is 19.2 Å². The van der Waals surface area contributed by atoms with Crippen LogP contribution in [0.2, 0.25) is 0 Å². The number of phosphoric acid groups is 1. The van der Waals surface area contributed by atoms with Crippen molar-refractivity contribution in [2.45, 2.75) is 0 Å². The minimum atomic E-state index is -5.39. The van der Waals surface area contributed by atoms with Gasteiger partial charge in [-0.25, -0.2) is 0 Å². The van der Waals surface area contributed by atoms with Crippen molar-refractivity contribution in [3.8, 4) is 0 Å². The van der Waals surface area contributed by atoms with Gasteiger partial charge in [0.25, 0.3) is 0 Å². The monoisotopic (exact) mass is 236 g/mol. The topological polar surface area (TPSA) is 86.2 Å². The maximum atomic E-state index is 8.55. The smallest absolute Gasteiger partial charge is 0.822 e. The number of hydrogen-bond donors (Lipinski definition) is 0. The van der Waals surface area contributed by atoms with Crippen LogP contribution in [-0.4, -0.2) is 0 Å². The summed E-state index contributed by atoms with van der Waals surface area (Å²) < 4.78 is 8.55. The first-order chi connectivity index (χ1) is 2.00. The maximum Gasteiger partial charge on any atom is 1.00 e. The van der Waals surface area contributed by atoms with Crippen LogP contribution in [0.3, 0.4) is 0 Å². The predicted molar refractivity (Wildman–Crippen MR) is 22.1 cm³/mol. The van der Waals surface area contributed by atoms with Gasteiger partial charge < -0.3 is 19.2 Å². The molecule has 0 fully saturated rings. The van der Waals surface area contributed by atoms with Gasteiger partial charge in [0.15, 0.2) is 0 Å². The van der Waals surface area contributed by atoms with Crippen molar-refractivity contribution < 1.29 is 108 Å². The molecule has 0 rings (SSSR count). The molecule has 0 bridgehead atoms. The van der Waals surface area contributed by atoms with Crippen LogP contribution in [0.25, 0.3) is 0 Å². The van der Waals surface area contributed by atoms with Crippen LogP contribution in [0.15, 0.2) is 0 Å². The third-order valence-electron chi connectivity index (χ3n) is 0. The van der Waals surface area contributed by atoms with Crippen LogP contribution in [0.5, 0.6) is 0 Å². The summed E-state index contributed by atoms with van der Waals surface area (Å²) in [6, 6.07) is 0. The number of rotatable bonds is 0. The molecule has 4 nitrogen and oxygen atoms in total. The molecule has 0 radical (unpaired) electrons. The molecule has 0 spiro atoms. The summed E-state index contributed by atoms with van der Waals surface area (Å²) in [5.41, 5.74) is 0. The van der Waals surface area contributed by atoms with Gasteiger partial charge in [-0.2, -0.15) is 7.82 Å². The van der Waals surface area contributed by atoms with E-state index in [0.717, 1.165) is 0 Å². The van der Waals surface area contributed by atoms with Crippen molar-refractivity contribution in [1.82, 2.24) is 0 Å². The molecule has 10 heavy (non-hydrogen) atoms. The van der Waals surface area contributed by atoms with E-state index in [1.165, 1.54) is 0 Å². The summed E-state index contributed by atoms with van der Waals surface area (Å²) in [5, 5.41) is 0. The first-order valence-corrected chi connectivity index (χ1v) is 2.19. The zero-order valence-electron chi connectivity index (χ0n) is 5.90. The largest absolute Gasteiger partial charge is 1.00 e. The Morgan fingerprint density at radius 2 is 0.800 bits per heavy atom. The second kappa shape index (κ2) is 18.5. The summed E-state index contributed by atoms with van der Waals surface area (Å²) in [6.45, 7) is 0. The fourth-order valence-corrected chi connectivity index (χ4v) is 0. The maximum absolute atomic E-state index is 8.55. The first-order valence-electron chi connectivity index (χ1n) is 0.730. The van der Waals surface area contributed by atoms with E-state index in [1.807, 2.05) is 0 Å². The molecule has 0 amide bonds. The van der Waals surface area contributed by atoms with Gasteiger partial charge in [-0.05, 0) is 0 Å². The van der Waals surface area contributed by atoms with Crippen LogP contribution in [-0.2, 0) is 4.57 Å². The molecular weight excluding hydrogens is 235 g/mol. The Hall–Kier alpha value is 3.69. The fraction of sp³-hybridized carbons (Fsp3) is 0. The van der Waals surface area contributed by atoms with Gasteiger partial charge in [0.05, 0.1) is 0 Å². The predicted octanol–water partition coefficient (Wildman–Crippen LogP) is -11.0. The van der Waals surface area contributed by atoms with Crippen molar-refractivity contribution in [1.29, 1.82) is 0 Å². The van der Waals surface area contributed by atoms with E-state index in [-0.39, 0.29) is 113 Å². The molecule has 0 aliphatic heterocycles. The molecule has 0 unspecified atom stereocenters. The van der Waals surface area contributed by atoms with Crippen molar-refractivity contribution in [3.05, 3.63) is 0 Å². The number of halogens is 2. The average molecular weight is 237 g/mol. The van der Waals surface area contributed by atoms with E-state index in [1.54, 1.807) is 0 Å². The van der Waals surface area contributed by atoms with E-state index < -0.39 is 7.82 Å². The molecule has 0 aromatic rings. The van der Waals surface area contributed by atoms with Crippen molar-refractivity contribution in [3.63, 3.8) is 0 Å². The van der Waals surface area contributed by atoms with Gasteiger partial charge >= 0.3 is 88.7 Å². The van der Waals surface area contributed by atoms with Crippen molar-refractivity contribution in [2.75, 3.05) is 0 Å². The summed E-state index contributed by atoms with van der Waals surface area (Å²) in [4.78, 5) is 25.6. The van der Waals surface area contributed by atoms with Gasteiger partial charge in [0.1, 0.15) is 0 Å². The Morgan fingerprint density at radius 3 is 0.800 bits per heavy atom. The summed E-state index contributed by atoms with van der Waals surface area (Å²) in [5.74, 6) is 0. The Labute approximate surface area is 138 Å². The van der Waals surface area contributed by atoms with Gasteiger partial charge in [-0.1, -0.05) is 0 Å². The molecule has 0 aliphatic carbocycles. The normalized spacial score (nSPS) is 5.90. The fourth-order valence-electron chi connectivity index (χ4n) is 0. The summed E-state index contributed by atoms with van der Waals surface area (Å²) in [6.07, 6.45) is 0. The van der Waals surface area contributed by atoms with Crippen LogP contribution in [0.4, 0.5) is 0 Å². The molecule has 0 heterocycles. The van der Waals surface area contributed by atoms with Crippen LogP contribution >= 0.6 is 32.6 Å². The molecule has 0 aliphatic rings. The van der Waals surface area contributed by atoms with Gasteiger partial charge in [-0.15, -0.1) is 24.8 Å². The molecule has 48 valence electrons. The van der Waals surface area contributed by atoms with Crippen LogP contribution in [0.1, 0.15) is 0 Å². The van der Waals surface area contributed by atoms with Crippen molar-refractivity contribution >= 4 is 32.6 Å². The van der Waals surface area contributed by atoms with Gasteiger partial charge in [-0.3, -0.25) is 0 Å². The summed E-state index contributed by atoms with van der Waals surface area (Å²) >= 11 is 0. The molecule has 0 N–H and O–H groups in total. The quantitative estimate of drug-likeness (QED) is 0.309. The minimum absolute atomic E-state index is 0. The molecule has 0 saturated heterocycles. The van der Waals surface area contributed by atoms with Crippen LogP contribution < -0.4 is 103 Å². The molecule has 0 aromatic heterocycles. The minimum Gasteiger partial charge on any atom is -0.822 e. The van der Waals surface area contributed by atoms with Gasteiger partial charge in [0.2, 0.25) is 0 Å². The zero-order chi connectivity index (χ0) is 4.50. The van der Waals surface area contributed by atoms with E-state index in [0.29, 0.717) is 0 Å². The third-order valence-corrected chi connectivity index (χ3v) is 0. The Bertz CT molecular complexity index is 64.6. The SMILES string of the molecule is Cl.Cl.O=P([O-])([O-])[O-].[Na+].[Na+].[Na+]. The molecule has 10 heteroatoms. The Kier molecular flexibility index (Phi) is 68.9. The molecular formula is H2Cl2Na3O4P. The average Bonchev–Trinajstić information content (AvgIpc) is 0.722. The summed E-state index contributed by atoms with van der Waals surface area (Å²) in [7, 11) is -5.39. The van der Waals surface area contributed by atoms with E-state index in [9.17, 15) is 0 Å². The standard InChI is InChI=1S/2ClH.3Na.H3O4P/c;;;;;1-5(2,3)4/h2*1H;;;;(H3,1,2,3,4)/q;;3*+1;/p-3. The Morgan fingerprint density at radius 1 is 0.800 bits per heavy atom. The Balaban J connectivity index is -0.00000000800. The second-order valence-corrected chi connectivity index (χ2v) is 1.34. The van der Waals surface area contributed by atoms with Gasteiger partial charge in [0, 0.05) is 0 Å². The van der Waals surface area contributed by atoms with E-state index in [2.05, 4.69) is 0 Å². The third kappa shape index (κ3) is 98.1. The molecule has 0 saturated carbocycles. The second-order valence-electron chi connectivity index (χ2n) is 0.447. The molecule has 0 aromatic carbocycles. The van der Waals surface area contributed by atoms with Crippen LogP contribution in [0, 0.1) is 0 Å². The number of hydrogen-bond acceptors (Lipinski definition) is 4. The first kappa shape index (κ1) is 37.3. The van der Waals surface area contributed by atoms with Crippen molar-refractivity contribution in [2.24, 2.45) is 0 Å².